The second-order valence-corrected chi connectivity index (χ2v) is 25.7. The molecule has 0 heterocycles. The molecule has 0 N–H and O–H groups in total. The maximum absolute atomic E-state index is 6.33. The number of benzene rings is 3. The topological polar surface area (TPSA) is 46.2 Å². The molecule has 47 heavy (non-hydrogen) atoms. The zero-order valence-electron chi connectivity index (χ0n) is 31.2. The lowest BCUT2D eigenvalue weighted by Gasteiger charge is -2.36. The first kappa shape index (κ1) is 39.2. The van der Waals surface area contributed by atoms with Crippen molar-refractivity contribution in [1.82, 2.24) is 0 Å². The number of hydrogen-bond acceptors (Lipinski definition) is 6. The lowest BCUT2D eigenvalue weighted by Crippen LogP contribution is -2.41. The van der Waals surface area contributed by atoms with Crippen molar-refractivity contribution in [3.8, 4) is 39.5 Å². The van der Waals surface area contributed by atoms with E-state index in [1.54, 1.807) is 11.8 Å². The van der Waals surface area contributed by atoms with Crippen LogP contribution in [0.5, 0.6) is 17.2 Å². The zero-order chi connectivity index (χ0) is 34.9. The molecule has 3 aromatic carbocycles. The Bertz CT molecular complexity index is 1290. The van der Waals surface area contributed by atoms with E-state index in [1.165, 1.54) is 4.90 Å². The van der Waals surface area contributed by atoms with Crippen molar-refractivity contribution in [3.05, 3.63) is 60.7 Å². The molecule has 0 radical (unpaired) electrons. The summed E-state index contributed by atoms with van der Waals surface area (Å²) in [5.74, 6) is 2.61. The van der Waals surface area contributed by atoms with Gasteiger partial charge in [-0.05, 0) is 97.0 Å². The average Bonchev–Trinajstić information content (AvgIpc) is 3.00. The lowest BCUT2D eigenvalue weighted by molar-refractivity contribution is 0.233. The second-order valence-electron chi connectivity index (χ2n) is 15.2. The molecule has 260 valence electrons. The highest BCUT2D eigenvalue weighted by atomic mass is 32.2. The van der Waals surface area contributed by atoms with Crippen molar-refractivity contribution in [2.24, 2.45) is 0 Å². The van der Waals surface area contributed by atoms with Gasteiger partial charge in [-0.2, -0.15) is 0 Å². The SMILES string of the molecule is CCOc1c(-c2ccc(OCCCO[Si](C)(C)C(C)(C)C)cc2)cc(SC)cc1-c1ccc(OCCCO[Si](C)(C)C(C)(C)C)cc1. The number of thioether (sulfide) groups is 1. The fourth-order valence-electron chi connectivity index (χ4n) is 4.50. The Hall–Kier alpha value is -2.24. The predicted octanol–water partition coefficient (Wildman–Crippen LogP) is 11.7. The van der Waals surface area contributed by atoms with Crippen LogP contribution in [0.25, 0.3) is 22.3 Å². The summed E-state index contributed by atoms with van der Waals surface area (Å²) in [5.41, 5.74) is 4.34. The summed E-state index contributed by atoms with van der Waals surface area (Å²) in [6.07, 6.45) is 3.86. The van der Waals surface area contributed by atoms with E-state index in [2.05, 4.69) is 135 Å². The normalized spacial score (nSPS) is 12.7. The molecule has 0 saturated carbocycles. The molecule has 0 aliphatic carbocycles. The Morgan fingerprint density at radius 1 is 0.574 bits per heavy atom. The van der Waals surface area contributed by atoms with E-state index in [9.17, 15) is 0 Å². The lowest BCUT2D eigenvalue weighted by atomic mass is 9.97. The third-order valence-corrected chi connectivity index (χ3v) is 19.4. The number of hydrogen-bond donors (Lipinski definition) is 0. The van der Waals surface area contributed by atoms with Crippen LogP contribution in [0.15, 0.2) is 65.6 Å². The minimum absolute atomic E-state index is 0.218. The molecule has 3 aromatic rings. The first-order valence-electron chi connectivity index (χ1n) is 17.1. The van der Waals surface area contributed by atoms with Gasteiger partial charge in [-0.15, -0.1) is 11.8 Å². The minimum Gasteiger partial charge on any atom is -0.494 e. The molecule has 0 fully saturated rings. The molecule has 5 nitrogen and oxygen atoms in total. The van der Waals surface area contributed by atoms with E-state index < -0.39 is 16.6 Å². The highest BCUT2D eigenvalue weighted by Crippen LogP contribution is 2.43. The summed E-state index contributed by atoms with van der Waals surface area (Å²) >= 11 is 1.73. The van der Waals surface area contributed by atoms with Crippen LogP contribution in [0, 0.1) is 0 Å². The van der Waals surface area contributed by atoms with Crippen LogP contribution in [0.1, 0.15) is 61.3 Å². The van der Waals surface area contributed by atoms with Crippen molar-refractivity contribution in [2.45, 2.75) is 102 Å². The summed E-state index contributed by atoms with van der Waals surface area (Å²) in [4.78, 5) is 1.18. The number of ether oxygens (including phenoxy) is 3. The molecule has 0 atom stereocenters. The van der Waals surface area contributed by atoms with Crippen molar-refractivity contribution in [3.63, 3.8) is 0 Å². The quantitative estimate of drug-likeness (QED) is 0.0795. The summed E-state index contributed by atoms with van der Waals surface area (Å²) < 4.78 is 31.1. The van der Waals surface area contributed by atoms with Gasteiger partial charge in [0.15, 0.2) is 16.6 Å². The van der Waals surface area contributed by atoms with Gasteiger partial charge >= 0.3 is 0 Å². The monoisotopic (exact) mass is 696 g/mol. The molecule has 0 saturated heterocycles. The molecular weight excluding hydrogens is 637 g/mol. The second kappa shape index (κ2) is 16.9. The first-order valence-corrected chi connectivity index (χ1v) is 24.1. The molecule has 0 spiro atoms. The van der Waals surface area contributed by atoms with E-state index >= 15 is 0 Å². The predicted molar refractivity (Wildman–Crippen MR) is 207 cm³/mol. The van der Waals surface area contributed by atoms with Crippen molar-refractivity contribution >= 4 is 28.4 Å². The molecular formula is C39H60O5SSi2. The van der Waals surface area contributed by atoms with Gasteiger partial charge in [-0.1, -0.05) is 65.8 Å². The maximum atomic E-state index is 6.33. The molecule has 3 rings (SSSR count). The summed E-state index contributed by atoms with van der Waals surface area (Å²) in [6.45, 7) is 28.1. The largest absolute Gasteiger partial charge is 0.494 e. The van der Waals surface area contributed by atoms with Gasteiger partial charge in [0.25, 0.3) is 0 Å². The van der Waals surface area contributed by atoms with E-state index in [0.717, 1.165) is 65.6 Å². The van der Waals surface area contributed by atoms with Crippen LogP contribution < -0.4 is 14.2 Å². The smallest absolute Gasteiger partial charge is 0.191 e. The van der Waals surface area contributed by atoms with Crippen LogP contribution in [0.2, 0.25) is 36.3 Å². The van der Waals surface area contributed by atoms with Gasteiger partial charge in [-0.3, -0.25) is 0 Å². The van der Waals surface area contributed by atoms with Gasteiger partial charge < -0.3 is 23.1 Å². The fourth-order valence-corrected chi connectivity index (χ4v) is 7.14. The minimum atomic E-state index is -1.73. The molecule has 0 amide bonds. The Labute approximate surface area is 292 Å². The Morgan fingerprint density at radius 3 is 1.28 bits per heavy atom. The third-order valence-electron chi connectivity index (χ3n) is 9.57. The van der Waals surface area contributed by atoms with Gasteiger partial charge in [-0.25, -0.2) is 0 Å². The van der Waals surface area contributed by atoms with Crippen LogP contribution in [-0.4, -0.2) is 55.9 Å². The number of rotatable bonds is 17. The molecule has 0 bridgehead atoms. The zero-order valence-corrected chi connectivity index (χ0v) is 34.0. The molecule has 0 aromatic heterocycles. The Kier molecular flexibility index (Phi) is 14.1. The first-order chi connectivity index (χ1) is 22.0. The van der Waals surface area contributed by atoms with Crippen molar-refractivity contribution in [2.75, 3.05) is 39.3 Å². The average molecular weight is 697 g/mol. The Morgan fingerprint density at radius 2 is 0.957 bits per heavy atom. The molecule has 0 aliphatic rings. The molecule has 8 heteroatoms. The molecule has 0 aliphatic heterocycles. The summed E-state index contributed by atoms with van der Waals surface area (Å²) in [7, 11) is -3.46. The van der Waals surface area contributed by atoms with Crippen LogP contribution in [0.3, 0.4) is 0 Å². The van der Waals surface area contributed by atoms with Crippen LogP contribution in [0.4, 0.5) is 0 Å². The Balaban J connectivity index is 1.68. The summed E-state index contributed by atoms with van der Waals surface area (Å²) in [6, 6.07) is 21.1. The van der Waals surface area contributed by atoms with Crippen molar-refractivity contribution in [1.29, 1.82) is 0 Å². The van der Waals surface area contributed by atoms with E-state index in [4.69, 9.17) is 23.1 Å². The van der Waals surface area contributed by atoms with Gasteiger partial charge in [0.2, 0.25) is 0 Å². The van der Waals surface area contributed by atoms with Gasteiger partial charge in [0, 0.05) is 42.1 Å². The van der Waals surface area contributed by atoms with Crippen LogP contribution >= 0.6 is 11.8 Å². The third kappa shape index (κ3) is 11.1. The van der Waals surface area contributed by atoms with Crippen molar-refractivity contribution < 1.29 is 23.1 Å². The van der Waals surface area contributed by atoms with E-state index in [1.807, 2.05) is 6.92 Å². The van der Waals surface area contributed by atoms with Gasteiger partial charge in [0.05, 0.1) is 19.8 Å². The fraction of sp³-hybridized carbons (Fsp3) is 0.538. The van der Waals surface area contributed by atoms with E-state index in [-0.39, 0.29) is 10.1 Å². The van der Waals surface area contributed by atoms with Gasteiger partial charge in [0.1, 0.15) is 17.2 Å². The van der Waals surface area contributed by atoms with Crippen LogP contribution in [-0.2, 0) is 8.85 Å². The highest BCUT2D eigenvalue weighted by molar-refractivity contribution is 7.98. The standard InChI is InChI=1S/C39H60O5SSi2/c1-13-40-37-35(30-16-20-32(21-17-30)41-24-14-26-43-46(9,10)38(2,3)4)28-34(45-8)29-36(37)31-18-22-33(23-19-31)42-25-15-27-44-47(11,12)39(5,6)7/h16-23,28-29H,13-15,24-27H2,1-12H3. The highest BCUT2D eigenvalue weighted by Gasteiger charge is 2.37. The van der Waals surface area contributed by atoms with E-state index in [0.29, 0.717) is 19.8 Å². The molecule has 0 unspecified atom stereocenters. The summed E-state index contributed by atoms with van der Waals surface area (Å²) in [5, 5.41) is 0.436. The maximum Gasteiger partial charge on any atom is 0.191 e.